The van der Waals surface area contributed by atoms with E-state index >= 15 is 0 Å². The van der Waals surface area contributed by atoms with Gasteiger partial charge < -0.3 is 10.6 Å². The summed E-state index contributed by atoms with van der Waals surface area (Å²) in [6, 6.07) is 14.9. The van der Waals surface area contributed by atoms with Crippen LogP contribution in [0, 0.1) is 12.7 Å². The van der Waals surface area contributed by atoms with E-state index in [0.717, 1.165) is 24.2 Å². The molecule has 0 aliphatic carbocycles. The summed E-state index contributed by atoms with van der Waals surface area (Å²) in [5, 5.41) is 0. The number of hydrogen-bond donors (Lipinski definition) is 1. The molecule has 1 atom stereocenters. The van der Waals surface area contributed by atoms with Crippen LogP contribution in [-0.2, 0) is 6.54 Å². The Morgan fingerprint density at radius 2 is 1.65 bits per heavy atom. The summed E-state index contributed by atoms with van der Waals surface area (Å²) < 4.78 is 12.9. The Balaban J connectivity index is 1.92. The molecule has 0 aliphatic heterocycles. The zero-order valence-electron chi connectivity index (χ0n) is 12.0. The Hall–Kier alpha value is -1.71. The van der Waals surface area contributed by atoms with Gasteiger partial charge in [0.25, 0.3) is 0 Å². The average molecular weight is 272 g/mol. The van der Waals surface area contributed by atoms with Gasteiger partial charge in [-0.2, -0.15) is 0 Å². The third kappa shape index (κ3) is 4.15. The molecule has 0 fully saturated rings. The highest BCUT2D eigenvalue weighted by Crippen LogP contribution is 2.14. The van der Waals surface area contributed by atoms with Crippen LogP contribution in [0.5, 0.6) is 0 Å². The van der Waals surface area contributed by atoms with Crippen LogP contribution in [0.1, 0.15) is 22.7 Å². The first kappa shape index (κ1) is 14.7. The molecular weight excluding hydrogens is 251 g/mol. The summed E-state index contributed by atoms with van der Waals surface area (Å²) in [7, 11) is 2.03. The molecule has 2 aromatic carbocycles. The normalized spacial score (nSPS) is 12.7. The largest absolute Gasteiger partial charge is 0.323 e. The number of nitrogens with zero attached hydrogens (tertiary/aromatic N) is 1. The van der Waals surface area contributed by atoms with Crippen molar-refractivity contribution < 1.29 is 4.39 Å². The van der Waals surface area contributed by atoms with E-state index < -0.39 is 0 Å². The molecule has 0 saturated carbocycles. The van der Waals surface area contributed by atoms with Crippen LogP contribution in [0.25, 0.3) is 0 Å². The lowest BCUT2D eigenvalue weighted by molar-refractivity contribution is 0.305. The molecule has 0 saturated heterocycles. The molecule has 3 heteroatoms. The van der Waals surface area contributed by atoms with Gasteiger partial charge in [0.05, 0.1) is 0 Å². The summed E-state index contributed by atoms with van der Waals surface area (Å²) in [5.74, 6) is -0.201. The lowest BCUT2D eigenvalue weighted by Gasteiger charge is -2.21. The lowest BCUT2D eigenvalue weighted by atomic mass is 10.1. The second kappa shape index (κ2) is 6.64. The Bertz CT molecular complexity index is 534. The Labute approximate surface area is 120 Å². The molecule has 2 N–H and O–H groups in total. The topological polar surface area (TPSA) is 29.3 Å². The average Bonchev–Trinajstić information content (AvgIpc) is 2.42. The van der Waals surface area contributed by atoms with E-state index in [1.165, 1.54) is 17.7 Å². The fourth-order valence-corrected chi connectivity index (χ4v) is 2.22. The van der Waals surface area contributed by atoms with Gasteiger partial charge in [0.1, 0.15) is 5.82 Å². The molecule has 0 aromatic heterocycles. The van der Waals surface area contributed by atoms with E-state index in [9.17, 15) is 4.39 Å². The molecule has 0 heterocycles. The molecule has 20 heavy (non-hydrogen) atoms. The van der Waals surface area contributed by atoms with E-state index in [2.05, 4.69) is 36.1 Å². The summed E-state index contributed by atoms with van der Waals surface area (Å²) >= 11 is 0. The molecule has 0 aliphatic rings. The molecule has 1 unspecified atom stereocenters. The first-order valence-corrected chi connectivity index (χ1v) is 6.80. The monoisotopic (exact) mass is 272 g/mol. The number of aryl methyl sites for hydroxylation is 1. The smallest absolute Gasteiger partial charge is 0.123 e. The number of rotatable bonds is 5. The molecule has 0 spiro atoms. The van der Waals surface area contributed by atoms with Crippen LogP contribution in [0.15, 0.2) is 48.5 Å². The maximum atomic E-state index is 12.9. The van der Waals surface area contributed by atoms with Crippen LogP contribution >= 0.6 is 0 Å². The Morgan fingerprint density at radius 3 is 2.25 bits per heavy atom. The van der Waals surface area contributed by atoms with Crippen molar-refractivity contribution in [2.75, 3.05) is 13.6 Å². The number of hydrogen-bond acceptors (Lipinski definition) is 2. The van der Waals surface area contributed by atoms with Gasteiger partial charge in [-0.1, -0.05) is 42.0 Å². The van der Waals surface area contributed by atoms with Crippen LogP contribution in [0.4, 0.5) is 4.39 Å². The fourth-order valence-electron chi connectivity index (χ4n) is 2.22. The van der Waals surface area contributed by atoms with Crippen molar-refractivity contribution in [3.05, 3.63) is 71.0 Å². The third-order valence-electron chi connectivity index (χ3n) is 3.38. The van der Waals surface area contributed by atoms with Crippen molar-refractivity contribution in [2.24, 2.45) is 5.73 Å². The predicted octanol–water partition coefficient (Wildman–Crippen LogP) is 3.27. The third-order valence-corrected chi connectivity index (χ3v) is 3.38. The van der Waals surface area contributed by atoms with Gasteiger partial charge >= 0.3 is 0 Å². The van der Waals surface area contributed by atoms with Crippen LogP contribution < -0.4 is 5.73 Å². The van der Waals surface area contributed by atoms with E-state index in [4.69, 9.17) is 5.73 Å². The Kier molecular flexibility index (Phi) is 4.88. The van der Waals surface area contributed by atoms with Gasteiger partial charge in [-0.05, 0) is 37.2 Å². The molecular formula is C17H21FN2. The van der Waals surface area contributed by atoms with Gasteiger partial charge in [-0.15, -0.1) is 0 Å². The maximum Gasteiger partial charge on any atom is 0.123 e. The molecule has 2 nitrogen and oxygen atoms in total. The standard InChI is InChI=1S/C17H21FN2/c1-13-3-7-15(8-4-13)17(19)12-20(2)11-14-5-9-16(18)10-6-14/h3-10,17H,11-12,19H2,1-2H3. The first-order chi connectivity index (χ1) is 9.54. The van der Waals surface area contributed by atoms with Crippen molar-refractivity contribution in [1.29, 1.82) is 0 Å². The minimum Gasteiger partial charge on any atom is -0.323 e. The van der Waals surface area contributed by atoms with Crippen molar-refractivity contribution in [3.63, 3.8) is 0 Å². The zero-order valence-corrected chi connectivity index (χ0v) is 12.0. The second-order valence-corrected chi connectivity index (χ2v) is 5.34. The number of benzene rings is 2. The number of halogens is 1. The molecule has 0 bridgehead atoms. The van der Waals surface area contributed by atoms with Crippen molar-refractivity contribution in [3.8, 4) is 0 Å². The molecule has 0 amide bonds. The van der Waals surface area contributed by atoms with E-state index in [-0.39, 0.29) is 11.9 Å². The van der Waals surface area contributed by atoms with Gasteiger partial charge in [0.15, 0.2) is 0 Å². The first-order valence-electron chi connectivity index (χ1n) is 6.80. The van der Waals surface area contributed by atoms with E-state index in [1.54, 1.807) is 0 Å². The summed E-state index contributed by atoms with van der Waals surface area (Å²) in [5.41, 5.74) is 9.69. The second-order valence-electron chi connectivity index (χ2n) is 5.34. The Morgan fingerprint density at radius 1 is 1.05 bits per heavy atom. The summed E-state index contributed by atoms with van der Waals surface area (Å²) in [6.45, 7) is 3.59. The lowest BCUT2D eigenvalue weighted by Crippen LogP contribution is -2.28. The highest BCUT2D eigenvalue weighted by molar-refractivity contribution is 5.24. The molecule has 2 aromatic rings. The van der Waals surface area contributed by atoms with Crippen molar-refractivity contribution in [1.82, 2.24) is 4.90 Å². The minimum absolute atomic E-state index is 0.0129. The molecule has 2 rings (SSSR count). The fraction of sp³-hybridized carbons (Fsp3) is 0.294. The summed E-state index contributed by atoms with van der Waals surface area (Å²) in [4.78, 5) is 2.15. The van der Waals surface area contributed by atoms with E-state index in [1.807, 2.05) is 19.2 Å². The van der Waals surface area contributed by atoms with Crippen LogP contribution in [0.2, 0.25) is 0 Å². The molecule has 106 valence electrons. The van der Waals surface area contributed by atoms with Crippen molar-refractivity contribution >= 4 is 0 Å². The minimum atomic E-state index is -0.201. The van der Waals surface area contributed by atoms with E-state index in [0.29, 0.717) is 0 Å². The van der Waals surface area contributed by atoms with Gasteiger partial charge in [0, 0.05) is 19.1 Å². The highest BCUT2D eigenvalue weighted by atomic mass is 19.1. The SMILES string of the molecule is Cc1ccc(C(N)CN(C)Cc2ccc(F)cc2)cc1. The highest BCUT2D eigenvalue weighted by Gasteiger charge is 2.09. The summed E-state index contributed by atoms with van der Waals surface area (Å²) in [6.07, 6.45) is 0. The quantitative estimate of drug-likeness (QED) is 0.905. The van der Waals surface area contributed by atoms with Crippen LogP contribution in [-0.4, -0.2) is 18.5 Å². The number of likely N-dealkylation sites (N-methyl/N-ethyl adjacent to an activating group) is 1. The van der Waals surface area contributed by atoms with Crippen molar-refractivity contribution in [2.45, 2.75) is 19.5 Å². The maximum absolute atomic E-state index is 12.9. The molecule has 0 radical (unpaired) electrons. The van der Waals surface area contributed by atoms with Gasteiger partial charge in [-0.3, -0.25) is 0 Å². The zero-order chi connectivity index (χ0) is 14.5. The van der Waals surface area contributed by atoms with Crippen LogP contribution in [0.3, 0.4) is 0 Å². The predicted molar refractivity (Wildman–Crippen MR) is 80.8 cm³/mol. The van der Waals surface area contributed by atoms with Gasteiger partial charge in [0.2, 0.25) is 0 Å². The van der Waals surface area contributed by atoms with Gasteiger partial charge in [-0.25, -0.2) is 4.39 Å². The number of nitrogens with two attached hydrogens (primary N) is 1.